The number of benzene rings is 2. The van der Waals surface area contributed by atoms with Gasteiger partial charge in [0.2, 0.25) is 5.91 Å². The first-order chi connectivity index (χ1) is 16.0. The zero-order valence-electron chi connectivity index (χ0n) is 18.5. The van der Waals surface area contributed by atoms with Gasteiger partial charge in [0.05, 0.1) is 22.3 Å². The molecule has 1 amide bonds. The van der Waals surface area contributed by atoms with Crippen LogP contribution in [0.2, 0.25) is 0 Å². The van der Waals surface area contributed by atoms with Crippen molar-refractivity contribution >= 4 is 50.7 Å². The Balaban J connectivity index is 1.62. The van der Waals surface area contributed by atoms with E-state index in [-0.39, 0.29) is 11.5 Å². The van der Waals surface area contributed by atoms with Crippen LogP contribution >= 0.6 is 23.1 Å². The number of carbonyl (C=O) groups excluding carboxylic acids is 1. The molecule has 0 spiro atoms. The largest absolute Gasteiger partial charge is 0.283 e. The Kier molecular flexibility index (Phi) is 7.05. The van der Waals surface area contributed by atoms with E-state index in [2.05, 4.69) is 13.5 Å². The molecule has 0 aliphatic heterocycles. The molecule has 0 aliphatic rings. The summed E-state index contributed by atoms with van der Waals surface area (Å²) in [6, 6.07) is 15.2. The number of nitrogens with zero attached hydrogens (tertiary/aromatic N) is 4. The van der Waals surface area contributed by atoms with Gasteiger partial charge in [0, 0.05) is 24.6 Å². The molecular weight excluding hydrogens is 452 g/mol. The van der Waals surface area contributed by atoms with Crippen molar-refractivity contribution in [1.82, 2.24) is 14.5 Å². The summed E-state index contributed by atoms with van der Waals surface area (Å²) in [5.74, 6) is 0.444. The summed E-state index contributed by atoms with van der Waals surface area (Å²) < 4.78 is 1.63. The molecule has 2 heterocycles. The predicted molar refractivity (Wildman–Crippen MR) is 137 cm³/mol. The maximum absolute atomic E-state index is 12.9. The molecule has 168 valence electrons. The van der Waals surface area contributed by atoms with Crippen LogP contribution in [-0.4, -0.2) is 20.4 Å². The van der Waals surface area contributed by atoms with E-state index >= 15 is 0 Å². The van der Waals surface area contributed by atoms with Gasteiger partial charge in [0.25, 0.3) is 5.56 Å². The molecule has 8 heteroatoms. The average molecular weight is 477 g/mol. The van der Waals surface area contributed by atoms with Crippen molar-refractivity contribution in [3.8, 4) is 0 Å². The van der Waals surface area contributed by atoms with Gasteiger partial charge in [-0.1, -0.05) is 55.1 Å². The van der Waals surface area contributed by atoms with E-state index in [1.807, 2.05) is 47.8 Å². The fourth-order valence-electron chi connectivity index (χ4n) is 3.59. The lowest BCUT2D eigenvalue weighted by molar-refractivity contribution is -0.115. The summed E-state index contributed by atoms with van der Waals surface area (Å²) in [4.78, 5) is 36.5. The molecule has 0 aliphatic carbocycles. The number of hydrogen-bond acceptors (Lipinski definition) is 6. The number of amides is 1. The average Bonchev–Trinajstić information content (AvgIpc) is 3.28. The Hall–Kier alpha value is -3.23. The van der Waals surface area contributed by atoms with Gasteiger partial charge in [-0.2, -0.15) is 0 Å². The Labute approximate surface area is 200 Å². The van der Waals surface area contributed by atoms with E-state index < -0.39 is 0 Å². The lowest BCUT2D eigenvalue weighted by Gasteiger charge is -2.21. The van der Waals surface area contributed by atoms with Crippen molar-refractivity contribution < 1.29 is 4.79 Å². The number of rotatable bonds is 8. The number of aryl methyl sites for hydroxylation is 1. The monoisotopic (exact) mass is 476 g/mol. The van der Waals surface area contributed by atoms with Crippen molar-refractivity contribution in [3.63, 3.8) is 0 Å². The first-order valence-corrected chi connectivity index (χ1v) is 12.5. The minimum atomic E-state index is -0.0829. The van der Waals surface area contributed by atoms with E-state index in [4.69, 9.17) is 9.97 Å². The standard InChI is InChI=1S/C25H24N4O2S2/c1-4-14-28-23(31)20-11-7-8-12-21(20)27-24(28)32-15-19-16-33-25(26-19)29(17(3)30)22-13-9-6-10-18(22)5-2/h4,6-13,16H,1,5,14-15H2,2-3H3. The lowest BCUT2D eigenvalue weighted by Crippen LogP contribution is -2.23. The Morgan fingerprint density at radius 2 is 1.94 bits per heavy atom. The maximum Gasteiger partial charge on any atom is 0.262 e. The predicted octanol–water partition coefficient (Wildman–Crippen LogP) is 5.58. The number of fused-ring (bicyclic) bond motifs is 1. The maximum atomic E-state index is 12.9. The van der Waals surface area contributed by atoms with Crippen LogP contribution in [0.15, 0.2) is 76.5 Å². The minimum absolute atomic E-state index is 0.0825. The van der Waals surface area contributed by atoms with Crippen LogP contribution < -0.4 is 10.5 Å². The molecule has 4 aromatic rings. The summed E-state index contributed by atoms with van der Waals surface area (Å²) in [6.07, 6.45) is 2.52. The zero-order chi connectivity index (χ0) is 23.4. The second-order valence-electron chi connectivity index (χ2n) is 7.36. The number of allylic oxidation sites excluding steroid dienone is 1. The van der Waals surface area contributed by atoms with Gasteiger partial charge in [-0.25, -0.2) is 9.97 Å². The van der Waals surface area contributed by atoms with Gasteiger partial charge in [-0.05, 0) is 30.2 Å². The molecule has 2 aromatic carbocycles. The van der Waals surface area contributed by atoms with Gasteiger partial charge >= 0.3 is 0 Å². The first-order valence-electron chi connectivity index (χ1n) is 10.6. The Morgan fingerprint density at radius 3 is 2.70 bits per heavy atom. The molecule has 4 rings (SSSR count). The van der Waals surface area contributed by atoms with Gasteiger partial charge in [0.15, 0.2) is 10.3 Å². The first kappa shape index (κ1) is 22.9. The molecular formula is C25H24N4O2S2. The number of carbonyl (C=O) groups is 1. The van der Waals surface area contributed by atoms with Gasteiger partial charge in [0.1, 0.15) is 0 Å². The summed E-state index contributed by atoms with van der Waals surface area (Å²) >= 11 is 2.88. The third-order valence-electron chi connectivity index (χ3n) is 5.15. The van der Waals surface area contributed by atoms with Crippen molar-refractivity contribution in [2.24, 2.45) is 0 Å². The quantitative estimate of drug-likeness (QED) is 0.189. The summed E-state index contributed by atoms with van der Waals surface area (Å²) in [5, 5.41) is 3.79. The van der Waals surface area contributed by atoms with Crippen LogP contribution in [0.25, 0.3) is 10.9 Å². The summed E-state index contributed by atoms with van der Waals surface area (Å²) in [6.45, 7) is 7.78. The zero-order valence-corrected chi connectivity index (χ0v) is 20.2. The summed E-state index contributed by atoms with van der Waals surface area (Å²) in [5.41, 5.74) is 3.36. The Morgan fingerprint density at radius 1 is 1.18 bits per heavy atom. The van der Waals surface area contributed by atoms with E-state index in [0.29, 0.717) is 33.5 Å². The van der Waals surface area contributed by atoms with Gasteiger partial charge in [-0.3, -0.25) is 19.1 Å². The molecule has 0 atom stereocenters. The molecule has 0 saturated carbocycles. The van der Waals surface area contributed by atoms with Crippen molar-refractivity contribution in [3.05, 3.63) is 88.2 Å². The van der Waals surface area contributed by atoms with Crippen LogP contribution in [0, 0.1) is 0 Å². The molecule has 0 unspecified atom stereocenters. The molecule has 2 aromatic heterocycles. The fourth-order valence-corrected chi connectivity index (χ4v) is 5.47. The fraction of sp³-hybridized carbons (Fsp3) is 0.200. The third-order valence-corrected chi connectivity index (χ3v) is 7.03. The van der Waals surface area contributed by atoms with Gasteiger partial charge < -0.3 is 0 Å². The topological polar surface area (TPSA) is 68.1 Å². The number of thioether (sulfide) groups is 1. The molecule has 6 nitrogen and oxygen atoms in total. The number of para-hydroxylation sites is 2. The molecule has 0 N–H and O–H groups in total. The second-order valence-corrected chi connectivity index (χ2v) is 9.14. The molecule has 0 radical (unpaired) electrons. The van der Waals surface area contributed by atoms with Crippen molar-refractivity contribution in [1.29, 1.82) is 0 Å². The van der Waals surface area contributed by atoms with Crippen molar-refractivity contribution in [2.45, 2.75) is 37.7 Å². The molecule has 0 bridgehead atoms. The van der Waals surface area contributed by atoms with E-state index in [1.165, 1.54) is 23.1 Å². The van der Waals surface area contributed by atoms with Crippen LogP contribution in [0.4, 0.5) is 10.8 Å². The number of anilines is 2. The SMILES string of the molecule is C=CCn1c(SCc2csc(N(C(C)=O)c3ccccc3CC)n2)nc2ccccc2c1=O. The highest BCUT2D eigenvalue weighted by Crippen LogP contribution is 2.33. The van der Waals surface area contributed by atoms with E-state index in [9.17, 15) is 9.59 Å². The third kappa shape index (κ3) is 4.77. The normalized spacial score (nSPS) is 11.0. The number of thiazole rings is 1. The second kappa shape index (κ2) is 10.1. The molecule has 0 fully saturated rings. The Bertz CT molecular complexity index is 1380. The minimum Gasteiger partial charge on any atom is -0.283 e. The van der Waals surface area contributed by atoms with Crippen LogP contribution in [0.5, 0.6) is 0 Å². The number of hydrogen-bond donors (Lipinski definition) is 0. The van der Waals surface area contributed by atoms with Crippen LogP contribution in [0.1, 0.15) is 25.1 Å². The van der Waals surface area contributed by atoms with Crippen molar-refractivity contribution in [2.75, 3.05) is 4.90 Å². The molecule has 33 heavy (non-hydrogen) atoms. The highest BCUT2D eigenvalue weighted by atomic mass is 32.2. The smallest absolute Gasteiger partial charge is 0.262 e. The van der Waals surface area contributed by atoms with Crippen LogP contribution in [0.3, 0.4) is 0 Å². The molecule has 0 saturated heterocycles. The lowest BCUT2D eigenvalue weighted by atomic mass is 10.1. The summed E-state index contributed by atoms with van der Waals surface area (Å²) in [7, 11) is 0. The van der Waals surface area contributed by atoms with E-state index in [0.717, 1.165) is 23.4 Å². The highest BCUT2D eigenvalue weighted by Gasteiger charge is 2.20. The van der Waals surface area contributed by atoms with Crippen LogP contribution in [-0.2, 0) is 23.5 Å². The number of aromatic nitrogens is 3. The highest BCUT2D eigenvalue weighted by molar-refractivity contribution is 7.98. The van der Waals surface area contributed by atoms with E-state index in [1.54, 1.807) is 28.5 Å². The van der Waals surface area contributed by atoms with Gasteiger partial charge in [-0.15, -0.1) is 17.9 Å².